The number of sulfonamides is 1. The van der Waals surface area contributed by atoms with Crippen molar-refractivity contribution >= 4 is 27.3 Å². The SMILES string of the molecule is NS(=O)(=O)c1ccc(Cc2c(-c3ccc(F)c(C#CC(F)C4COC4)c3)nn(-c3nc(C(=O)O)cs3)c2CC2CC2)cc1F. The molecule has 0 radical (unpaired) electrons. The number of carboxylic acids is 1. The first-order valence-corrected chi connectivity index (χ1v) is 16.0. The van der Waals surface area contributed by atoms with Gasteiger partial charge < -0.3 is 9.84 Å². The predicted molar refractivity (Wildman–Crippen MR) is 155 cm³/mol. The molecule has 1 saturated heterocycles. The van der Waals surface area contributed by atoms with Gasteiger partial charge in [0.1, 0.15) is 16.5 Å². The zero-order valence-electron chi connectivity index (χ0n) is 23.0. The second-order valence-corrected chi connectivity index (χ2v) is 13.2. The fourth-order valence-electron chi connectivity index (χ4n) is 4.87. The molecule has 3 heterocycles. The number of rotatable bonds is 9. The molecule has 2 fully saturated rings. The molecule has 2 aromatic heterocycles. The van der Waals surface area contributed by atoms with Crippen LogP contribution in [0.5, 0.6) is 0 Å². The zero-order valence-corrected chi connectivity index (χ0v) is 24.6. The number of nitrogens with two attached hydrogens (primary N) is 1. The van der Waals surface area contributed by atoms with E-state index in [0.29, 0.717) is 45.5 Å². The predicted octanol–water partition coefficient (Wildman–Crippen LogP) is 4.50. The molecule has 0 amide bonds. The van der Waals surface area contributed by atoms with E-state index in [0.717, 1.165) is 36.3 Å². The van der Waals surface area contributed by atoms with Gasteiger partial charge in [-0.2, -0.15) is 5.10 Å². The minimum absolute atomic E-state index is 0.0411. The Morgan fingerprint density at radius 2 is 1.95 bits per heavy atom. The van der Waals surface area contributed by atoms with E-state index in [2.05, 4.69) is 16.8 Å². The highest BCUT2D eigenvalue weighted by molar-refractivity contribution is 7.89. The Bertz CT molecular complexity index is 1940. The number of carbonyl (C=O) groups is 1. The van der Waals surface area contributed by atoms with Gasteiger partial charge in [-0.15, -0.1) is 11.3 Å². The lowest BCUT2D eigenvalue weighted by atomic mass is 9.96. The molecule has 1 atom stereocenters. The number of aromatic carboxylic acids is 1. The average Bonchev–Trinajstić information content (AvgIpc) is 3.49. The molecule has 14 heteroatoms. The number of primary sulfonamides is 1. The van der Waals surface area contributed by atoms with Gasteiger partial charge in [-0.05, 0) is 61.1 Å². The van der Waals surface area contributed by atoms with Gasteiger partial charge >= 0.3 is 5.97 Å². The van der Waals surface area contributed by atoms with Crippen LogP contribution in [0.15, 0.2) is 46.7 Å². The third kappa shape index (κ3) is 6.27. The van der Waals surface area contributed by atoms with Crippen LogP contribution < -0.4 is 5.14 Å². The first-order valence-electron chi connectivity index (χ1n) is 13.6. The van der Waals surface area contributed by atoms with Crippen LogP contribution >= 0.6 is 11.3 Å². The smallest absolute Gasteiger partial charge is 0.355 e. The van der Waals surface area contributed by atoms with Gasteiger partial charge in [0.25, 0.3) is 0 Å². The van der Waals surface area contributed by atoms with Crippen LogP contribution in [0, 0.1) is 35.3 Å². The third-order valence-electron chi connectivity index (χ3n) is 7.51. The van der Waals surface area contributed by atoms with E-state index >= 15 is 0 Å². The standard InChI is InChI=1S/C30H25F3N4O5S2/c31-22-7-5-19(12-18(22)4-6-23(32)20-13-42-14-20)28-21(9-17-3-8-27(24(33)10-17)44(34,40)41)26(11-16-1-2-16)37(36-28)30-35-25(15-43-30)29(38)39/h3,5,7-8,10,12,15-16,20,23H,1-2,9,11,13-14H2,(H,38,39)(H2,34,40,41). The van der Waals surface area contributed by atoms with Gasteiger partial charge in [0.05, 0.1) is 30.2 Å². The van der Waals surface area contributed by atoms with E-state index in [9.17, 15) is 31.5 Å². The lowest BCUT2D eigenvalue weighted by Gasteiger charge is -2.26. The molecule has 0 bridgehead atoms. The molecule has 2 aromatic carbocycles. The quantitative estimate of drug-likeness (QED) is 0.257. The van der Waals surface area contributed by atoms with Crippen molar-refractivity contribution < 1.29 is 36.2 Å². The van der Waals surface area contributed by atoms with Crippen molar-refractivity contribution in [2.24, 2.45) is 17.0 Å². The number of benzene rings is 2. The van der Waals surface area contributed by atoms with Crippen LogP contribution in [0.25, 0.3) is 16.4 Å². The molecule has 3 N–H and O–H groups in total. The summed E-state index contributed by atoms with van der Waals surface area (Å²) in [4.78, 5) is 15.2. The van der Waals surface area contributed by atoms with E-state index in [1.54, 1.807) is 4.68 Å². The van der Waals surface area contributed by atoms with E-state index in [1.165, 1.54) is 29.6 Å². The Morgan fingerprint density at radius 3 is 2.57 bits per heavy atom. The zero-order chi connectivity index (χ0) is 31.2. The maximum atomic E-state index is 14.8. The highest BCUT2D eigenvalue weighted by Crippen LogP contribution is 2.38. The molecular formula is C30H25F3N4O5S2. The molecule has 1 aliphatic carbocycles. The normalized spacial score (nSPS) is 15.8. The number of ether oxygens (including phenoxy) is 1. The number of nitrogens with zero attached hydrogens (tertiary/aromatic N) is 3. The number of halogens is 3. The fourth-order valence-corrected chi connectivity index (χ4v) is 6.23. The third-order valence-corrected chi connectivity index (χ3v) is 9.27. The number of carboxylic acid groups (broad SMARTS) is 1. The van der Waals surface area contributed by atoms with Crippen LogP contribution in [0.4, 0.5) is 13.2 Å². The van der Waals surface area contributed by atoms with Crippen LogP contribution in [-0.2, 0) is 27.6 Å². The van der Waals surface area contributed by atoms with Gasteiger partial charge in [0.15, 0.2) is 11.9 Å². The fraction of sp³-hybridized carbons (Fsp3) is 0.300. The summed E-state index contributed by atoms with van der Waals surface area (Å²) in [5.74, 6) is 2.17. The van der Waals surface area contributed by atoms with Crippen molar-refractivity contribution in [3.63, 3.8) is 0 Å². The lowest BCUT2D eigenvalue weighted by Crippen LogP contribution is -2.34. The summed E-state index contributed by atoms with van der Waals surface area (Å²) in [6.45, 7) is 0.504. The van der Waals surface area contributed by atoms with Crippen molar-refractivity contribution in [1.82, 2.24) is 14.8 Å². The topological polar surface area (TPSA) is 137 Å². The van der Waals surface area contributed by atoms with Crippen molar-refractivity contribution in [2.75, 3.05) is 13.2 Å². The monoisotopic (exact) mass is 642 g/mol. The molecule has 44 heavy (non-hydrogen) atoms. The summed E-state index contributed by atoms with van der Waals surface area (Å²) >= 11 is 1.08. The van der Waals surface area contributed by atoms with Crippen molar-refractivity contribution in [3.05, 3.63) is 81.5 Å². The number of hydrogen-bond acceptors (Lipinski definition) is 7. The highest BCUT2D eigenvalue weighted by Gasteiger charge is 2.30. The summed E-state index contributed by atoms with van der Waals surface area (Å²) in [5.41, 5.74) is 2.39. The summed E-state index contributed by atoms with van der Waals surface area (Å²) in [5, 5.41) is 21.1. The van der Waals surface area contributed by atoms with E-state index in [1.807, 2.05) is 0 Å². The number of thiazole rings is 1. The van der Waals surface area contributed by atoms with Crippen LogP contribution in [0.1, 0.15) is 45.7 Å². The average molecular weight is 643 g/mol. The van der Waals surface area contributed by atoms with Crippen LogP contribution in [0.3, 0.4) is 0 Å². The molecule has 228 valence electrons. The summed E-state index contributed by atoms with van der Waals surface area (Å²) < 4.78 is 74.2. The highest BCUT2D eigenvalue weighted by atomic mass is 32.2. The van der Waals surface area contributed by atoms with Crippen LogP contribution in [-0.4, -0.2) is 53.6 Å². The molecule has 6 rings (SSSR count). The Balaban J connectivity index is 1.48. The van der Waals surface area contributed by atoms with E-state index in [-0.39, 0.29) is 36.8 Å². The first kappa shape index (κ1) is 30.0. The Hall–Kier alpha value is -4.03. The minimum atomic E-state index is -4.28. The maximum Gasteiger partial charge on any atom is 0.355 e. The first-order chi connectivity index (χ1) is 21.0. The van der Waals surface area contributed by atoms with Gasteiger partial charge in [0.2, 0.25) is 15.2 Å². The van der Waals surface area contributed by atoms with Crippen LogP contribution in [0.2, 0.25) is 0 Å². The largest absolute Gasteiger partial charge is 0.476 e. The molecule has 9 nitrogen and oxygen atoms in total. The number of hydrogen-bond donors (Lipinski definition) is 2. The van der Waals surface area contributed by atoms with Crippen molar-refractivity contribution in [2.45, 2.75) is 36.8 Å². The molecule has 1 unspecified atom stereocenters. The minimum Gasteiger partial charge on any atom is -0.476 e. The Labute approximate surface area is 254 Å². The van der Waals surface area contributed by atoms with E-state index in [4.69, 9.17) is 15.0 Å². The number of aromatic nitrogens is 3. The van der Waals surface area contributed by atoms with Gasteiger partial charge in [-0.25, -0.2) is 41.2 Å². The van der Waals surface area contributed by atoms with Gasteiger partial charge in [0, 0.05) is 28.8 Å². The molecule has 2 aliphatic rings. The lowest BCUT2D eigenvalue weighted by molar-refractivity contribution is -0.0556. The summed E-state index contributed by atoms with van der Waals surface area (Å²) in [6, 6.07) is 7.79. The van der Waals surface area contributed by atoms with Gasteiger partial charge in [-0.1, -0.05) is 17.9 Å². The molecular weight excluding hydrogens is 617 g/mol. The number of alkyl halides is 1. The van der Waals surface area contributed by atoms with Gasteiger partial charge in [-0.3, -0.25) is 0 Å². The Morgan fingerprint density at radius 1 is 1.18 bits per heavy atom. The molecule has 1 aliphatic heterocycles. The maximum absolute atomic E-state index is 14.8. The second-order valence-electron chi connectivity index (χ2n) is 10.8. The summed E-state index contributed by atoms with van der Waals surface area (Å²) in [6.07, 6.45) is 1.13. The summed E-state index contributed by atoms with van der Waals surface area (Å²) in [7, 11) is -4.28. The molecule has 0 spiro atoms. The molecule has 4 aromatic rings. The molecule has 1 saturated carbocycles. The van der Waals surface area contributed by atoms with E-state index < -0.39 is 38.7 Å². The van der Waals surface area contributed by atoms with Crippen molar-refractivity contribution in [1.29, 1.82) is 0 Å². The second kappa shape index (κ2) is 11.8. The Kier molecular flexibility index (Phi) is 8.06. The van der Waals surface area contributed by atoms with Crippen molar-refractivity contribution in [3.8, 4) is 28.2 Å².